The zero-order valence-corrected chi connectivity index (χ0v) is 18.7. The van der Waals surface area contributed by atoms with Crippen LogP contribution in [0.2, 0.25) is 0 Å². The van der Waals surface area contributed by atoms with Crippen molar-refractivity contribution in [2.24, 2.45) is 5.92 Å². The highest BCUT2D eigenvalue weighted by Gasteiger charge is 2.26. The van der Waals surface area contributed by atoms with Gasteiger partial charge in [0.25, 0.3) is 5.56 Å². The molecule has 0 bridgehead atoms. The molecule has 2 unspecified atom stereocenters. The molecule has 4 aromatic rings. The van der Waals surface area contributed by atoms with E-state index in [2.05, 4.69) is 17.1 Å². The molecule has 0 amide bonds. The minimum Gasteiger partial charge on any atom is -0.424 e. The van der Waals surface area contributed by atoms with Gasteiger partial charge in [0.1, 0.15) is 4.83 Å². The number of hydrogen-bond donors (Lipinski definition) is 0. The van der Waals surface area contributed by atoms with Crippen molar-refractivity contribution in [3.63, 3.8) is 0 Å². The summed E-state index contributed by atoms with van der Waals surface area (Å²) in [6, 6.07) is 9.72. The Morgan fingerprint density at radius 3 is 2.80 bits per heavy atom. The van der Waals surface area contributed by atoms with E-state index >= 15 is 0 Å². The van der Waals surface area contributed by atoms with Gasteiger partial charge in [0.05, 0.1) is 16.3 Å². The number of thioether (sulfide) groups is 1. The van der Waals surface area contributed by atoms with Crippen LogP contribution in [0.15, 0.2) is 44.7 Å². The van der Waals surface area contributed by atoms with Crippen LogP contribution in [0.1, 0.15) is 47.7 Å². The summed E-state index contributed by atoms with van der Waals surface area (Å²) in [5.41, 5.74) is 2.03. The monoisotopic (exact) mass is 438 g/mol. The Balaban J connectivity index is 1.69. The lowest BCUT2D eigenvalue weighted by molar-refractivity contribution is 0.470. The number of hydrogen-bond acceptors (Lipinski definition) is 7. The summed E-state index contributed by atoms with van der Waals surface area (Å²) in [4.78, 5) is 20.9. The first-order chi connectivity index (χ1) is 14.5. The molecule has 3 aromatic heterocycles. The van der Waals surface area contributed by atoms with Crippen LogP contribution in [-0.2, 0) is 12.8 Å². The fraction of sp³-hybridized carbons (Fsp3) is 0.364. The number of rotatable bonds is 4. The van der Waals surface area contributed by atoms with Crippen molar-refractivity contribution >= 4 is 33.3 Å². The highest BCUT2D eigenvalue weighted by Crippen LogP contribution is 2.39. The Labute approximate surface area is 182 Å². The molecule has 0 radical (unpaired) electrons. The number of fused-ring (bicyclic) bond motifs is 3. The second-order valence-electron chi connectivity index (χ2n) is 7.82. The minimum absolute atomic E-state index is 0.00895. The van der Waals surface area contributed by atoms with Gasteiger partial charge >= 0.3 is 0 Å². The average molecular weight is 439 g/mol. The van der Waals surface area contributed by atoms with Crippen molar-refractivity contribution in [3.8, 4) is 5.69 Å². The largest absolute Gasteiger partial charge is 0.424 e. The topological polar surface area (TPSA) is 73.8 Å². The molecule has 6 nitrogen and oxygen atoms in total. The summed E-state index contributed by atoms with van der Waals surface area (Å²) in [5, 5.41) is 9.38. The standard InChI is InChI=1S/C22H22N4O2S2/c1-12-9-10-16-17(11-12)30-20-18(16)21(27)26(15-7-5-4-6-8-15)22(23-20)29-13(2)19-25-24-14(3)28-19/h4-8,12-13H,9-11H2,1-3H3. The molecule has 0 saturated heterocycles. The zero-order chi connectivity index (χ0) is 20.8. The Morgan fingerprint density at radius 2 is 2.07 bits per heavy atom. The van der Waals surface area contributed by atoms with Gasteiger partial charge in [-0.25, -0.2) is 4.98 Å². The Morgan fingerprint density at radius 1 is 1.27 bits per heavy atom. The second-order valence-corrected chi connectivity index (χ2v) is 10.2. The summed E-state index contributed by atoms with van der Waals surface area (Å²) in [6.45, 7) is 6.04. The van der Waals surface area contributed by atoms with Crippen LogP contribution in [0.25, 0.3) is 15.9 Å². The van der Waals surface area contributed by atoms with Crippen molar-refractivity contribution in [1.29, 1.82) is 0 Å². The summed E-state index contributed by atoms with van der Waals surface area (Å²) < 4.78 is 7.34. The van der Waals surface area contributed by atoms with E-state index in [0.29, 0.717) is 22.9 Å². The molecule has 8 heteroatoms. The molecule has 0 fully saturated rings. The Kier molecular flexibility index (Phi) is 4.99. The molecule has 0 N–H and O–H groups in total. The molecule has 1 aliphatic carbocycles. The van der Waals surface area contributed by atoms with Crippen molar-refractivity contribution < 1.29 is 4.42 Å². The maximum absolute atomic E-state index is 13.8. The molecule has 5 rings (SSSR count). The number of thiophene rings is 1. The number of aryl methyl sites for hydroxylation is 2. The number of nitrogens with zero attached hydrogens (tertiary/aromatic N) is 4. The van der Waals surface area contributed by atoms with E-state index in [0.717, 1.165) is 35.2 Å². The fourth-order valence-corrected chi connectivity index (χ4v) is 6.32. The molecule has 0 aliphatic heterocycles. The van der Waals surface area contributed by atoms with E-state index in [4.69, 9.17) is 9.40 Å². The van der Waals surface area contributed by atoms with Gasteiger partial charge in [0, 0.05) is 11.8 Å². The third-order valence-corrected chi connectivity index (χ3v) is 7.67. The van der Waals surface area contributed by atoms with Gasteiger partial charge in [-0.15, -0.1) is 21.5 Å². The third kappa shape index (κ3) is 3.37. The predicted molar refractivity (Wildman–Crippen MR) is 120 cm³/mol. The summed E-state index contributed by atoms with van der Waals surface area (Å²) in [7, 11) is 0. The summed E-state index contributed by atoms with van der Waals surface area (Å²) >= 11 is 3.14. The van der Waals surface area contributed by atoms with Gasteiger partial charge in [0.15, 0.2) is 5.16 Å². The minimum atomic E-state index is -0.125. The predicted octanol–water partition coefficient (Wildman–Crippen LogP) is 5.12. The first kappa shape index (κ1) is 19.5. The summed E-state index contributed by atoms with van der Waals surface area (Å²) in [5.74, 6) is 1.71. The average Bonchev–Trinajstić information content (AvgIpc) is 3.31. The van der Waals surface area contributed by atoms with Crippen LogP contribution in [0.3, 0.4) is 0 Å². The van der Waals surface area contributed by atoms with E-state index in [1.54, 1.807) is 22.8 Å². The number of benzene rings is 1. The Bertz CT molecular complexity index is 1280. The van der Waals surface area contributed by atoms with Crippen LogP contribution in [0, 0.1) is 12.8 Å². The Hall–Kier alpha value is -2.45. The van der Waals surface area contributed by atoms with Crippen LogP contribution in [0.5, 0.6) is 0 Å². The lowest BCUT2D eigenvalue weighted by Crippen LogP contribution is -2.22. The maximum atomic E-state index is 13.8. The van der Waals surface area contributed by atoms with Crippen LogP contribution in [-0.4, -0.2) is 19.7 Å². The molecule has 2 atom stereocenters. The molecule has 0 saturated carbocycles. The van der Waals surface area contributed by atoms with E-state index in [9.17, 15) is 4.79 Å². The highest BCUT2D eigenvalue weighted by atomic mass is 32.2. The van der Waals surface area contributed by atoms with E-state index in [1.807, 2.05) is 37.3 Å². The van der Waals surface area contributed by atoms with E-state index < -0.39 is 0 Å². The smallest absolute Gasteiger partial charge is 0.267 e. The highest BCUT2D eigenvalue weighted by molar-refractivity contribution is 7.99. The maximum Gasteiger partial charge on any atom is 0.267 e. The lowest BCUT2D eigenvalue weighted by Gasteiger charge is -2.18. The van der Waals surface area contributed by atoms with Gasteiger partial charge < -0.3 is 4.42 Å². The number of aromatic nitrogens is 4. The van der Waals surface area contributed by atoms with Crippen LogP contribution >= 0.6 is 23.1 Å². The molecule has 1 aromatic carbocycles. The van der Waals surface area contributed by atoms with E-state index in [1.165, 1.54) is 22.2 Å². The molecule has 1 aliphatic rings. The normalized spacial score (nSPS) is 17.2. The fourth-order valence-electron chi connectivity index (χ4n) is 3.94. The van der Waals surface area contributed by atoms with Gasteiger partial charge in [-0.3, -0.25) is 9.36 Å². The van der Waals surface area contributed by atoms with Crippen molar-refractivity contribution in [3.05, 3.63) is 62.9 Å². The molecule has 0 spiro atoms. The van der Waals surface area contributed by atoms with Crippen molar-refractivity contribution in [2.75, 3.05) is 0 Å². The quantitative estimate of drug-likeness (QED) is 0.325. The zero-order valence-electron chi connectivity index (χ0n) is 17.1. The van der Waals surface area contributed by atoms with Gasteiger partial charge in [0.2, 0.25) is 11.8 Å². The van der Waals surface area contributed by atoms with Crippen molar-refractivity contribution in [1.82, 2.24) is 19.7 Å². The van der Waals surface area contributed by atoms with Gasteiger partial charge in [-0.05, 0) is 49.8 Å². The second kappa shape index (κ2) is 7.67. The lowest BCUT2D eigenvalue weighted by atomic mass is 9.89. The number of para-hydroxylation sites is 1. The van der Waals surface area contributed by atoms with E-state index in [-0.39, 0.29) is 10.8 Å². The molecule has 30 heavy (non-hydrogen) atoms. The first-order valence-corrected chi connectivity index (χ1v) is 11.8. The molecule has 3 heterocycles. The van der Waals surface area contributed by atoms with Gasteiger partial charge in [-0.1, -0.05) is 36.9 Å². The van der Waals surface area contributed by atoms with Crippen molar-refractivity contribution in [2.45, 2.75) is 50.4 Å². The third-order valence-electron chi connectivity index (χ3n) is 5.48. The molecule has 154 valence electrons. The molecular formula is C22H22N4O2S2. The SMILES string of the molecule is Cc1nnc(C(C)Sc2nc3sc4c(c3c(=O)n2-c2ccccc2)CCC(C)C4)o1. The van der Waals surface area contributed by atoms with Gasteiger partial charge in [-0.2, -0.15) is 0 Å². The summed E-state index contributed by atoms with van der Waals surface area (Å²) in [6.07, 6.45) is 3.10. The van der Waals surface area contributed by atoms with Crippen LogP contribution < -0.4 is 5.56 Å². The first-order valence-electron chi connectivity index (χ1n) is 10.1. The van der Waals surface area contributed by atoms with Crippen LogP contribution in [0.4, 0.5) is 0 Å². The molecular weight excluding hydrogens is 416 g/mol.